The van der Waals surface area contributed by atoms with Crippen LogP contribution in [0.5, 0.6) is 0 Å². The molecular weight excluding hydrogens is 417 g/mol. The SMILES string of the molecule is CCC(NC(=O)c1ccc2cnc(Nc3ccnn3C)cc2c1)c1ccc(Cl)c(F)c1. The zero-order valence-electron chi connectivity index (χ0n) is 17.1. The molecular formula is C23H21ClFN5O. The topological polar surface area (TPSA) is 71.8 Å². The number of benzene rings is 2. The van der Waals surface area contributed by atoms with Gasteiger partial charge in [-0.2, -0.15) is 5.10 Å². The summed E-state index contributed by atoms with van der Waals surface area (Å²) in [4.78, 5) is 17.3. The number of hydrogen-bond donors (Lipinski definition) is 2. The molecule has 6 nitrogen and oxygen atoms in total. The van der Waals surface area contributed by atoms with Crippen LogP contribution in [0, 0.1) is 5.82 Å². The Bertz CT molecular complexity index is 1260. The lowest BCUT2D eigenvalue weighted by Crippen LogP contribution is -2.28. The molecule has 158 valence electrons. The summed E-state index contributed by atoms with van der Waals surface area (Å²) in [6.45, 7) is 1.93. The lowest BCUT2D eigenvalue weighted by atomic mass is 10.0. The lowest BCUT2D eigenvalue weighted by molar-refractivity contribution is 0.0935. The number of halogens is 2. The van der Waals surface area contributed by atoms with Crippen molar-refractivity contribution >= 4 is 39.9 Å². The Morgan fingerprint density at radius 1 is 1.16 bits per heavy atom. The molecule has 8 heteroatoms. The molecule has 0 saturated carbocycles. The van der Waals surface area contributed by atoms with E-state index in [1.807, 2.05) is 38.2 Å². The molecule has 1 atom stereocenters. The highest BCUT2D eigenvalue weighted by atomic mass is 35.5. The van der Waals surface area contributed by atoms with Gasteiger partial charge in [0.1, 0.15) is 17.5 Å². The summed E-state index contributed by atoms with van der Waals surface area (Å²) < 4.78 is 15.6. The minimum Gasteiger partial charge on any atom is -0.345 e. The van der Waals surface area contributed by atoms with Gasteiger partial charge >= 0.3 is 0 Å². The predicted molar refractivity (Wildman–Crippen MR) is 120 cm³/mol. The molecule has 0 fully saturated rings. The van der Waals surface area contributed by atoms with Crippen molar-refractivity contribution in [3.63, 3.8) is 0 Å². The molecule has 0 bridgehead atoms. The first-order valence-electron chi connectivity index (χ1n) is 9.85. The molecule has 0 aliphatic rings. The van der Waals surface area contributed by atoms with Gasteiger partial charge in [-0.25, -0.2) is 9.37 Å². The van der Waals surface area contributed by atoms with E-state index in [0.29, 0.717) is 23.4 Å². The van der Waals surface area contributed by atoms with Crippen LogP contribution in [0.3, 0.4) is 0 Å². The van der Waals surface area contributed by atoms with E-state index in [-0.39, 0.29) is 17.0 Å². The molecule has 1 unspecified atom stereocenters. The normalized spacial score (nSPS) is 12.0. The standard InChI is InChI=1S/C23H21ClFN5O/c1-3-20(14-6-7-18(24)19(25)11-14)28-23(31)15-4-5-16-13-26-21(12-17(16)10-15)29-22-8-9-27-30(22)2/h4-13,20H,3H2,1-2H3,(H,26,29)(H,28,31). The Balaban J connectivity index is 1.56. The summed E-state index contributed by atoms with van der Waals surface area (Å²) in [6, 6.07) is 13.4. The van der Waals surface area contributed by atoms with Crippen molar-refractivity contribution in [2.24, 2.45) is 7.05 Å². The number of aryl methyl sites for hydroxylation is 1. The minimum atomic E-state index is -0.501. The molecule has 2 aromatic carbocycles. The van der Waals surface area contributed by atoms with E-state index in [1.165, 1.54) is 12.1 Å². The molecule has 4 aromatic rings. The molecule has 4 rings (SSSR count). The van der Waals surface area contributed by atoms with Gasteiger partial charge in [0.2, 0.25) is 0 Å². The first kappa shape index (κ1) is 20.8. The quantitative estimate of drug-likeness (QED) is 0.424. The second-order valence-electron chi connectivity index (χ2n) is 7.20. The number of amides is 1. The summed E-state index contributed by atoms with van der Waals surface area (Å²) in [6.07, 6.45) is 4.06. The molecule has 2 aromatic heterocycles. The van der Waals surface area contributed by atoms with Crippen molar-refractivity contribution < 1.29 is 9.18 Å². The van der Waals surface area contributed by atoms with Crippen LogP contribution < -0.4 is 10.6 Å². The van der Waals surface area contributed by atoms with Crippen LogP contribution in [-0.2, 0) is 7.05 Å². The number of fused-ring (bicyclic) bond motifs is 1. The van der Waals surface area contributed by atoms with Crippen molar-refractivity contribution in [2.75, 3.05) is 5.32 Å². The monoisotopic (exact) mass is 437 g/mol. The molecule has 0 radical (unpaired) electrons. The molecule has 2 N–H and O–H groups in total. The highest BCUT2D eigenvalue weighted by Crippen LogP contribution is 2.24. The Morgan fingerprint density at radius 2 is 2.00 bits per heavy atom. The molecule has 0 saturated heterocycles. The largest absolute Gasteiger partial charge is 0.345 e. The van der Waals surface area contributed by atoms with Gasteiger partial charge in [-0.05, 0) is 47.7 Å². The average molecular weight is 438 g/mol. The summed E-state index contributed by atoms with van der Waals surface area (Å²) in [5, 5.41) is 12.2. The minimum absolute atomic E-state index is 0.0589. The van der Waals surface area contributed by atoms with Gasteiger partial charge in [-0.3, -0.25) is 9.48 Å². The Kier molecular flexibility index (Phi) is 5.86. The second-order valence-corrected chi connectivity index (χ2v) is 7.61. The number of nitrogens with zero attached hydrogens (tertiary/aromatic N) is 3. The van der Waals surface area contributed by atoms with Gasteiger partial charge in [0, 0.05) is 30.3 Å². The van der Waals surface area contributed by atoms with Crippen molar-refractivity contribution in [3.05, 3.63) is 82.9 Å². The summed E-state index contributed by atoms with van der Waals surface area (Å²) in [5.74, 6) is 0.721. The zero-order valence-corrected chi connectivity index (χ0v) is 17.8. The van der Waals surface area contributed by atoms with Gasteiger partial charge in [0.25, 0.3) is 5.91 Å². The number of pyridine rings is 1. The third kappa shape index (κ3) is 4.51. The van der Waals surface area contributed by atoms with Crippen LogP contribution in [0.15, 0.2) is 60.9 Å². The van der Waals surface area contributed by atoms with Crippen molar-refractivity contribution in [3.8, 4) is 0 Å². The highest BCUT2D eigenvalue weighted by Gasteiger charge is 2.16. The number of carbonyl (C=O) groups excluding carboxylic acids is 1. The molecule has 0 aliphatic heterocycles. The van der Waals surface area contributed by atoms with Gasteiger partial charge in [-0.15, -0.1) is 0 Å². The van der Waals surface area contributed by atoms with Gasteiger partial charge in [0.05, 0.1) is 17.3 Å². The maximum Gasteiger partial charge on any atom is 0.251 e. The fraction of sp³-hybridized carbons (Fsp3) is 0.174. The van der Waals surface area contributed by atoms with Crippen molar-refractivity contribution in [1.29, 1.82) is 0 Å². The molecule has 2 heterocycles. The number of aromatic nitrogens is 3. The van der Waals surface area contributed by atoms with Crippen LogP contribution >= 0.6 is 11.6 Å². The smallest absolute Gasteiger partial charge is 0.251 e. The summed E-state index contributed by atoms with van der Waals surface area (Å²) in [7, 11) is 1.84. The Hall–Kier alpha value is -3.45. The third-order valence-corrected chi connectivity index (χ3v) is 5.43. The van der Waals surface area contributed by atoms with Crippen LogP contribution in [0.2, 0.25) is 5.02 Å². The van der Waals surface area contributed by atoms with E-state index in [9.17, 15) is 9.18 Å². The number of carbonyl (C=O) groups is 1. The fourth-order valence-corrected chi connectivity index (χ4v) is 3.49. The second kappa shape index (κ2) is 8.73. The van der Waals surface area contributed by atoms with E-state index < -0.39 is 5.82 Å². The maximum atomic E-state index is 13.8. The van der Waals surface area contributed by atoms with E-state index in [4.69, 9.17) is 11.6 Å². The molecule has 31 heavy (non-hydrogen) atoms. The van der Waals surface area contributed by atoms with Crippen molar-refractivity contribution in [2.45, 2.75) is 19.4 Å². The molecule has 0 spiro atoms. The van der Waals surface area contributed by atoms with E-state index in [0.717, 1.165) is 16.6 Å². The first-order valence-corrected chi connectivity index (χ1v) is 10.2. The Labute approximate surface area is 184 Å². The van der Waals surface area contributed by atoms with E-state index in [1.54, 1.807) is 29.2 Å². The number of hydrogen-bond acceptors (Lipinski definition) is 4. The summed E-state index contributed by atoms with van der Waals surface area (Å²) >= 11 is 5.77. The predicted octanol–water partition coefficient (Wildman–Crippen LogP) is 5.39. The molecule has 0 aliphatic carbocycles. The maximum absolute atomic E-state index is 13.8. The molecule has 1 amide bonds. The van der Waals surface area contributed by atoms with Crippen LogP contribution in [0.1, 0.15) is 35.3 Å². The van der Waals surface area contributed by atoms with Crippen LogP contribution in [0.25, 0.3) is 10.8 Å². The third-order valence-electron chi connectivity index (χ3n) is 5.12. The van der Waals surface area contributed by atoms with Crippen LogP contribution in [-0.4, -0.2) is 20.7 Å². The van der Waals surface area contributed by atoms with Gasteiger partial charge < -0.3 is 10.6 Å². The zero-order chi connectivity index (χ0) is 22.0. The lowest BCUT2D eigenvalue weighted by Gasteiger charge is -2.18. The van der Waals surface area contributed by atoms with Crippen LogP contribution in [0.4, 0.5) is 16.0 Å². The number of nitrogens with one attached hydrogen (secondary N) is 2. The number of anilines is 2. The fourth-order valence-electron chi connectivity index (χ4n) is 3.37. The summed E-state index contributed by atoms with van der Waals surface area (Å²) in [5.41, 5.74) is 1.18. The van der Waals surface area contributed by atoms with E-state index >= 15 is 0 Å². The first-order chi connectivity index (χ1) is 14.9. The van der Waals surface area contributed by atoms with E-state index in [2.05, 4.69) is 20.7 Å². The highest BCUT2D eigenvalue weighted by molar-refractivity contribution is 6.30. The number of rotatable bonds is 6. The van der Waals surface area contributed by atoms with Gasteiger partial charge in [-0.1, -0.05) is 30.7 Å². The van der Waals surface area contributed by atoms with Crippen molar-refractivity contribution in [1.82, 2.24) is 20.1 Å². The van der Waals surface area contributed by atoms with Gasteiger partial charge in [0.15, 0.2) is 0 Å². The average Bonchev–Trinajstić information content (AvgIpc) is 3.17. The Morgan fingerprint density at radius 3 is 2.71 bits per heavy atom.